The second-order valence-corrected chi connectivity index (χ2v) is 5.09. The van der Waals surface area contributed by atoms with E-state index >= 15 is 0 Å². The van der Waals surface area contributed by atoms with Crippen LogP contribution in [0.4, 0.5) is 0 Å². The Morgan fingerprint density at radius 3 is 2.79 bits per heavy atom. The van der Waals surface area contributed by atoms with Crippen molar-refractivity contribution in [3.05, 3.63) is 24.3 Å². The van der Waals surface area contributed by atoms with Gasteiger partial charge in [-0.1, -0.05) is 12.1 Å². The fraction of sp³-hybridized carbons (Fsp3) is 0.500. The number of rotatable bonds is 1. The van der Waals surface area contributed by atoms with Crippen LogP contribution in [0.15, 0.2) is 24.3 Å². The largest absolute Gasteiger partial charge is 0.485 e. The average molecular weight is 262 g/mol. The molecule has 3 rings (SSSR count). The van der Waals surface area contributed by atoms with Crippen molar-refractivity contribution >= 4 is 5.91 Å². The van der Waals surface area contributed by atoms with Gasteiger partial charge in [-0.25, -0.2) is 0 Å². The van der Waals surface area contributed by atoms with E-state index in [9.17, 15) is 4.79 Å². The topological polar surface area (TPSA) is 64.8 Å². The number of nitrogens with zero attached hydrogens (tertiary/aromatic N) is 1. The van der Waals surface area contributed by atoms with Crippen LogP contribution in [0.25, 0.3) is 0 Å². The zero-order chi connectivity index (χ0) is 13.4. The summed E-state index contributed by atoms with van der Waals surface area (Å²) in [5, 5.41) is 0. The minimum atomic E-state index is -0.567. The smallest absolute Gasteiger partial charge is 0.267 e. The third kappa shape index (κ3) is 2.14. The number of carbonyl (C=O) groups is 1. The fourth-order valence-corrected chi connectivity index (χ4v) is 2.60. The lowest BCUT2D eigenvalue weighted by Gasteiger charge is -2.31. The average Bonchev–Trinajstić information content (AvgIpc) is 2.78. The Hall–Kier alpha value is -1.75. The van der Waals surface area contributed by atoms with Crippen molar-refractivity contribution < 1.29 is 14.3 Å². The van der Waals surface area contributed by atoms with Crippen molar-refractivity contribution in [2.75, 3.05) is 13.2 Å². The van der Waals surface area contributed by atoms with Gasteiger partial charge in [0.15, 0.2) is 11.5 Å². The molecule has 0 radical (unpaired) electrons. The monoisotopic (exact) mass is 262 g/mol. The van der Waals surface area contributed by atoms with Crippen LogP contribution in [0.1, 0.15) is 13.3 Å². The number of hydrogen-bond acceptors (Lipinski definition) is 4. The number of ether oxygens (including phenoxy) is 2. The third-order valence-corrected chi connectivity index (χ3v) is 3.88. The van der Waals surface area contributed by atoms with Crippen LogP contribution in [0, 0.1) is 0 Å². The SMILES string of the molecule is CC1C(N)CCN1C(=O)C1COc2ccccc2O1. The van der Waals surface area contributed by atoms with E-state index in [0.717, 1.165) is 6.42 Å². The zero-order valence-corrected chi connectivity index (χ0v) is 10.9. The molecule has 5 heteroatoms. The first-order valence-corrected chi connectivity index (χ1v) is 6.61. The third-order valence-electron chi connectivity index (χ3n) is 3.88. The molecule has 1 aromatic carbocycles. The van der Waals surface area contributed by atoms with Gasteiger partial charge in [0.25, 0.3) is 5.91 Å². The summed E-state index contributed by atoms with van der Waals surface area (Å²) >= 11 is 0. The molecule has 1 aromatic rings. The van der Waals surface area contributed by atoms with E-state index in [2.05, 4.69) is 0 Å². The molecule has 1 saturated heterocycles. The molecule has 0 aliphatic carbocycles. The highest BCUT2D eigenvalue weighted by atomic mass is 16.6. The summed E-state index contributed by atoms with van der Waals surface area (Å²) in [7, 11) is 0. The number of fused-ring (bicyclic) bond motifs is 1. The minimum Gasteiger partial charge on any atom is -0.485 e. The molecule has 1 fully saturated rings. The van der Waals surface area contributed by atoms with E-state index in [1.54, 1.807) is 4.90 Å². The second-order valence-electron chi connectivity index (χ2n) is 5.09. The Labute approximate surface area is 112 Å². The molecule has 2 heterocycles. The van der Waals surface area contributed by atoms with Gasteiger partial charge in [0.1, 0.15) is 6.61 Å². The van der Waals surface area contributed by atoms with E-state index in [4.69, 9.17) is 15.2 Å². The van der Waals surface area contributed by atoms with Gasteiger partial charge < -0.3 is 20.1 Å². The Morgan fingerprint density at radius 1 is 1.37 bits per heavy atom. The molecule has 3 unspecified atom stereocenters. The number of nitrogens with two attached hydrogens (primary N) is 1. The molecule has 0 aromatic heterocycles. The Morgan fingerprint density at radius 2 is 2.11 bits per heavy atom. The number of amides is 1. The highest BCUT2D eigenvalue weighted by molar-refractivity contribution is 5.82. The molecule has 2 aliphatic rings. The molecule has 3 atom stereocenters. The standard InChI is InChI=1S/C14H18N2O3/c1-9-10(15)6-7-16(9)14(17)13-8-18-11-4-2-3-5-12(11)19-13/h2-5,9-10,13H,6-8,15H2,1H3. The van der Waals surface area contributed by atoms with E-state index < -0.39 is 6.10 Å². The Kier molecular flexibility index (Phi) is 3.06. The minimum absolute atomic E-state index is 0.0325. The maximum absolute atomic E-state index is 12.4. The molecule has 102 valence electrons. The van der Waals surface area contributed by atoms with Crippen LogP contribution in [0.3, 0.4) is 0 Å². The van der Waals surface area contributed by atoms with Crippen molar-refractivity contribution in [3.8, 4) is 11.5 Å². The quantitative estimate of drug-likeness (QED) is 0.812. The van der Waals surface area contributed by atoms with Crippen molar-refractivity contribution in [1.29, 1.82) is 0 Å². The van der Waals surface area contributed by atoms with Crippen molar-refractivity contribution in [2.45, 2.75) is 31.5 Å². The highest BCUT2D eigenvalue weighted by Gasteiger charge is 2.37. The first-order chi connectivity index (χ1) is 9.16. The summed E-state index contributed by atoms with van der Waals surface area (Å²) in [5.74, 6) is 1.29. The Balaban J connectivity index is 1.73. The van der Waals surface area contributed by atoms with Crippen LogP contribution < -0.4 is 15.2 Å². The summed E-state index contributed by atoms with van der Waals surface area (Å²) < 4.78 is 11.3. The van der Waals surface area contributed by atoms with Crippen molar-refractivity contribution in [1.82, 2.24) is 4.90 Å². The lowest BCUT2D eigenvalue weighted by Crippen LogP contribution is -2.49. The number of benzene rings is 1. The lowest BCUT2D eigenvalue weighted by molar-refractivity contribution is -0.141. The van der Waals surface area contributed by atoms with Crippen molar-refractivity contribution in [3.63, 3.8) is 0 Å². The van der Waals surface area contributed by atoms with Gasteiger partial charge in [0, 0.05) is 18.6 Å². The molecular formula is C14H18N2O3. The van der Waals surface area contributed by atoms with E-state index in [0.29, 0.717) is 18.0 Å². The maximum atomic E-state index is 12.4. The normalized spacial score (nSPS) is 29.4. The van der Waals surface area contributed by atoms with Gasteiger partial charge in [-0.2, -0.15) is 0 Å². The van der Waals surface area contributed by atoms with E-state index in [1.807, 2.05) is 31.2 Å². The summed E-state index contributed by atoms with van der Waals surface area (Å²) in [6.07, 6.45) is 0.277. The van der Waals surface area contributed by atoms with Gasteiger partial charge in [-0.05, 0) is 25.5 Å². The van der Waals surface area contributed by atoms with Crippen LogP contribution in [0.5, 0.6) is 11.5 Å². The lowest BCUT2D eigenvalue weighted by atomic mass is 10.1. The van der Waals surface area contributed by atoms with Crippen LogP contribution in [-0.4, -0.2) is 42.1 Å². The van der Waals surface area contributed by atoms with E-state index in [1.165, 1.54) is 0 Å². The number of para-hydroxylation sites is 2. The highest BCUT2D eigenvalue weighted by Crippen LogP contribution is 2.31. The number of likely N-dealkylation sites (tertiary alicyclic amines) is 1. The molecule has 0 bridgehead atoms. The molecule has 19 heavy (non-hydrogen) atoms. The molecule has 5 nitrogen and oxygen atoms in total. The zero-order valence-electron chi connectivity index (χ0n) is 10.9. The first-order valence-electron chi connectivity index (χ1n) is 6.61. The number of carbonyl (C=O) groups excluding carboxylic acids is 1. The van der Waals surface area contributed by atoms with Gasteiger partial charge in [0.2, 0.25) is 6.10 Å². The predicted octanol–water partition coefficient (Wildman–Crippen LogP) is 0.774. The fourth-order valence-electron chi connectivity index (χ4n) is 2.60. The molecule has 0 saturated carbocycles. The second kappa shape index (κ2) is 4.74. The predicted molar refractivity (Wildman–Crippen MR) is 70.1 cm³/mol. The summed E-state index contributed by atoms with van der Waals surface area (Å²) in [6.45, 7) is 2.93. The number of hydrogen-bond donors (Lipinski definition) is 1. The summed E-state index contributed by atoms with van der Waals surface area (Å²) in [4.78, 5) is 14.2. The van der Waals surface area contributed by atoms with Gasteiger partial charge >= 0.3 is 0 Å². The Bertz CT molecular complexity index is 491. The maximum Gasteiger partial charge on any atom is 0.267 e. The molecule has 1 amide bonds. The molecular weight excluding hydrogens is 244 g/mol. The summed E-state index contributed by atoms with van der Waals surface area (Å²) in [6, 6.07) is 7.52. The van der Waals surface area contributed by atoms with Gasteiger partial charge in [-0.15, -0.1) is 0 Å². The molecule has 2 N–H and O–H groups in total. The summed E-state index contributed by atoms with van der Waals surface area (Å²) in [5.41, 5.74) is 5.95. The van der Waals surface area contributed by atoms with E-state index in [-0.39, 0.29) is 24.6 Å². The van der Waals surface area contributed by atoms with Crippen LogP contribution >= 0.6 is 0 Å². The van der Waals surface area contributed by atoms with Crippen LogP contribution in [-0.2, 0) is 4.79 Å². The molecule has 2 aliphatic heterocycles. The van der Waals surface area contributed by atoms with Crippen LogP contribution in [0.2, 0.25) is 0 Å². The molecule has 0 spiro atoms. The van der Waals surface area contributed by atoms with Crippen molar-refractivity contribution in [2.24, 2.45) is 5.73 Å². The first kappa shape index (κ1) is 12.3. The van der Waals surface area contributed by atoms with Gasteiger partial charge in [-0.3, -0.25) is 4.79 Å². The van der Waals surface area contributed by atoms with Gasteiger partial charge in [0.05, 0.1) is 0 Å².